The van der Waals surface area contributed by atoms with Gasteiger partial charge in [-0.3, -0.25) is 10.1 Å². The van der Waals surface area contributed by atoms with Crippen LogP contribution < -0.4 is 9.47 Å². The Balaban J connectivity index is 1.85. The van der Waals surface area contributed by atoms with Gasteiger partial charge < -0.3 is 9.47 Å². The Bertz CT molecular complexity index is 988. The fourth-order valence-electron chi connectivity index (χ4n) is 2.27. The number of nitro benzene ring substituents is 1. The summed E-state index contributed by atoms with van der Waals surface area (Å²) in [5, 5.41) is 11.5. The molecule has 2 aromatic carbocycles. The average molecular weight is 378 g/mol. The van der Waals surface area contributed by atoms with E-state index in [1.54, 1.807) is 30.4 Å². The number of aromatic nitrogens is 1. The molecule has 1 heterocycles. The van der Waals surface area contributed by atoms with Crippen LogP contribution in [0.25, 0.3) is 22.4 Å². The third-order valence-electron chi connectivity index (χ3n) is 3.42. The van der Waals surface area contributed by atoms with Crippen molar-refractivity contribution in [3.63, 3.8) is 0 Å². The second-order valence-electron chi connectivity index (χ2n) is 5.08. The number of nitro groups is 1. The molecule has 0 fully saturated rings. The Morgan fingerprint density at radius 3 is 2.69 bits per heavy atom. The first-order chi connectivity index (χ1) is 12.5. The van der Waals surface area contributed by atoms with Gasteiger partial charge in [-0.15, -0.1) is 11.3 Å². The van der Waals surface area contributed by atoms with E-state index in [9.17, 15) is 18.9 Å². The molecular formula is C17H12F2N2O4S. The summed E-state index contributed by atoms with van der Waals surface area (Å²) >= 11 is 1.38. The second kappa shape index (κ2) is 7.44. The number of methoxy groups -OCH3 is 1. The van der Waals surface area contributed by atoms with E-state index >= 15 is 0 Å². The van der Waals surface area contributed by atoms with Gasteiger partial charge in [0.2, 0.25) is 0 Å². The van der Waals surface area contributed by atoms with Crippen LogP contribution in [0, 0.1) is 10.1 Å². The Labute approximate surface area is 150 Å². The molecule has 0 saturated heterocycles. The number of fused-ring (bicyclic) bond motifs is 1. The largest absolute Gasteiger partial charge is 0.493 e. The van der Waals surface area contributed by atoms with Gasteiger partial charge in [0.15, 0.2) is 11.5 Å². The molecule has 0 aliphatic rings. The molecule has 0 spiro atoms. The fourth-order valence-corrected chi connectivity index (χ4v) is 3.12. The van der Waals surface area contributed by atoms with Gasteiger partial charge >= 0.3 is 6.61 Å². The number of nitrogens with zero attached hydrogens (tertiary/aromatic N) is 2. The molecule has 1 aromatic heterocycles. The maximum atomic E-state index is 12.3. The molecule has 0 aliphatic carbocycles. The third kappa shape index (κ3) is 3.94. The van der Waals surface area contributed by atoms with Crippen LogP contribution >= 0.6 is 11.3 Å². The predicted octanol–water partition coefficient (Wildman–Crippen LogP) is 4.98. The predicted molar refractivity (Wildman–Crippen MR) is 94.8 cm³/mol. The molecule has 0 atom stereocenters. The SMILES string of the molecule is COc1cc(/C=C/c2nc3cc([N+](=O)[O-])ccc3s2)ccc1OC(F)F. The van der Waals surface area contributed by atoms with E-state index < -0.39 is 11.5 Å². The number of benzene rings is 2. The highest BCUT2D eigenvalue weighted by molar-refractivity contribution is 7.19. The summed E-state index contributed by atoms with van der Waals surface area (Å²) in [6, 6.07) is 9.07. The van der Waals surface area contributed by atoms with Gasteiger partial charge in [-0.05, 0) is 29.8 Å². The number of hydrogen-bond donors (Lipinski definition) is 0. The lowest BCUT2D eigenvalue weighted by Gasteiger charge is -2.10. The molecule has 9 heteroatoms. The van der Waals surface area contributed by atoms with Crippen molar-refractivity contribution in [3.05, 3.63) is 57.1 Å². The zero-order valence-corrected chi connectivity index (χ0v) is 14.2. The number of alkyl halides is 2. The summed E-state index contributed by atoms with van der Waals surface area (Å²) in [6.45, 7) is -2.93. The number of thiazole rings is 1. The lowest BCUT2D eigenvalue weighted by atomic mass is 10.2. The zero-order chi connectivity index (χ0) is 18.7. The van der Waals surface area contributed by atoms with Gasteiger partial charge in [0.25, 0.3) is 5.69 Å². The molecular weight excluding hydrogens is 366 g/mol. The van der Waals surface area contributed by atoms with Crippen LogP contribution in [-0.4, -0.2) is 23.6 Å². The van der Waals surface area contributed by atoms with E-state index in [2.05, 4.69) is 9.72 Å². The number of halogens is 2. The molecule has 3 aromatic rings. The summed E-state index contributed by atoms with van der Waals surface area (Å²) in [6.07, 6.45) is 3.47. The van der Waals surface area contributed by atoms with E-state index in [-0.39, 0.29) is 17.2 Å². The van der Waals surface area contributed by atoms with E-state index in [1.165, 1.54) is 36.6 Å². The topological polar surface area (TPSA) is 74.5 Å². The smallest absolute Gasteiger partial charge is 0.387 e. The maximum Gasteiger partial charge on any atom is 0.387 e. The highest BCUT2D eigenvalue weighted by Crippen LogP contribution is 2.31. The van der Waals surface area contributed by atoms with Crippen molar-refractivity contribution in [2.24, 2.45) is 0 Å². The van der Waals surface area contributed by atoms with Crippen molar-refractivity contribution in [1.82, 2.24) is 4.98 Å². The van der Waals surface area contributed by atoms with Gasteiger partial charge in [-0.2, -0.15) is 8.78 Å². The second-order valence-corrected chi connectivity index (χ2v) is 6.15. The number of rotatable bonds is 6. The standard InChI is InChI=1S/C17H12F2N2O4S/c1-24-14-8-10(2-5-13(14)25-17(18)19)3-7-16-20-12-9-11(21(22)23)4-6-15(12)26-16/h2-9,17H,1H3/b7-3+. The van der Waals surface area contributed by atoms with Crippen molar-refractivity contribution in [2.45, 2.75) is 6.61 Å². The lowest BCUT2D eigenvalue weighted by molar-refractivity contribution is -0.384. The third-order valence-corrected chi connectivity index (χ3v) is 4.42. The number of hydrogen-bond acceptors (Lipinski definition) is 6. The summed E-state index contributed by atoms with van der Waals surface area (Å²) in [4.78, 5) is 14.7. The molecule has 6 nitrogen and oxygen atoms in total. The molecule has 0 saturated carbocycles. The first-order valence-electron chi connectivity index (χ1n) is 7.32. The zero-order valence-electron chi connectivity index (χ0n) is 13.4. The van der Waals surface area contributed by atoms with Crippen molar-refractivity contribution in [3.8, 4) is 11.5 Å². The van der Waals surface area contributed by atoms with Crippen LogP contribution in [0.15, 0.2) is 36.4 Å². The Morgan fingerprint density at radius 2 is 2.00 bits per heavy atom. The minimum Gasteiger partial charge on any atom is -0.493 e. The minimum absolute atomic E-state index is 0.0160. The summed E-state index contributed by atoms with van der Waals surface area (Å²) < 4.78 is 34.9. The van der Waals surface area contributed by atoms with Crippen molar-refractivity contribution in [2.75, 3.05) is 7.11 Å². The quantitative estimate of drug-likeness (QED) is 0.446. The van der Waals surface area contributed by atoms with Gasteiger partial charge in [0.05, 0.1) is 22.2 Å². The van der Waals surface area contributed by atoms with Gasteiger partial charge in [0, 0.05) is 12.1 Å². The summed E-state index contributed by atoms with van der Waals surface area (Å²) in [5.41, 5.74) is 1.23. The van der Waals surface area contributed by atoms with Crippen molar-refractivity contribution < 1.29 is 23.2 Å². The van der Waals surface area contributed by atoms with E-state index in [0.717, 1.165) is 4.70 Å². The molecule has 0 N–H and O–H groups in total. The number of non-ortho nitro benzene ring substituents is 1. The minimum atomic E-state index is -2.93. The molecule has 0 aliphatic heterocycles. The average Bonchev–Trinajstić information content (AvgIpc) is 3.02. The number of ether oxygens (including phenoxy) is 2. The summed E-state index contributed by atoms with van der Waals surface area (Å²) in [7, 11) is 1.36. The van der Waals surface area contributed by atoms with E-state index in [1.807, 2.05) is 0 Å². The van der Waals surface area contributed by atoms with Crippen molar-refractivity contribution >= 4 is 39.4 Å². The molecule has 3 rings (SSSR count). The molecule has 0 bridgehead atoms. The maximum absolute atomic E-state index is 12.3. The van der Waals surface area contributed by atoms with Crippen LogP contribution in [0.4, 0.5) is 14.5 Å². The Kier molecular flexibility index (Phi) is 5.08. The van der Waals surface area contributed by atoms with E-state index in [0.29, 0.717) is 16.1 Å². The molecule has 0 unspecified atom stereocenters. The van der Waals surface area contributed by atoms with Crippen LogP contribution in [0.5, 0.6) is 11.5 Å². The summed E-state index contributed by atoms with van der Waals surface area (Å²) in [5.74, 6) is 0.138. The monoisotopic (exact) mass is 378 g/mol. The first kappa shape index (κ1) is 17.7. The highest BCUT2D eigenvalue weighted by atomic mass is 32.1. The Morgan fingerprint density at radius 1 is 1.19 bits per heavy atom. The van der Waals surface area contributed by atoms with Crippen LogP contribution in [-0.2, 0) is 0 Å². The molecule has 0 amide bonds. The normalized spacial score (nSPS) is 11.4. The van der Waals surface area contributed by atoms with Gasteiger partial charge in [-0.1, -0.05) is 12.1 Å². The van der Waals surface area contributed by atoms with Crippen LogP contribution in [0.1, 0.15) is 10.6 Å². The lowest BCUT2D eigenvalue weighted by Crippen LogP contribution is -2.03. The first-order valence-corrected chi connectivity index (χ1v) is 8.14. The van der Waals surface area contributed by atoms with Gasteiger partial charge in [-0.25, -0.2) is 4.98 Å². The van der Waals surface area contributed by atoms with Crippen LogP contribution in [0.2, 0.25) is 0 Å². The van der Waals surface area contributed by atoms with E-state index in [4.69, 9.17) is 4.74 Å². The highest BCUT2D eigenvalue weighted by Gasteiger charge is 2.11. The molecule has 134 valence electrons. The fraction of sp³-hybridized carbons (Fsp3) is 0.118. The van der Waals surface area contributed by atoms with Crippen LogP contribution in [0.3, 0.4) is 0 Å². The Hall–Kier alpha value is -3.07. The van der Waals surface area contributed by atoms with Crippen molar-refractivity contribution in [1.29, 1.82) is 0 Å². The van der Waals surface area contributed by atoms with Gasteiger partial charge in [0.1, 0.15) is 5.01 Å². The molecule has 26 heavy (non-hydrogen) atoms. The molecule has 0 radical (unpaired) electrons.